The molecule has 0 spiro atoms. The van der Waals surface area contributed by atoms with Gasteiger partial charge in [-0.2, -0.15) is 0 Å². The number of hydrogen-bond acceptors (Lipinski definition) is 5. The Hall–Kier alpha value is -3.43. The minimum atomic E-state index is -0.759. The van der Waals surface area contributed by atoms with Crippen LogP contribution in [0.5, 0.6) is 0 Å². The fraction of sp³-hybridized carbons (Fsp3) is 0.208. The Morgan fingerprint density at radius 1 is 1.24 bits per heavy atom. The standard InChI is InChI=1S/C24H25BrN6O2/c1-12-4-5-14(9-16(12)25)19(32)11-29-17-6-7-28-24(33)20(17)23-30-18-10-15(22(26)27-3)8-13(2)21(18)31-23/h4-10,19,32H,11H2,1-3H3,(H2,26,27)(H,30,31)(H2,28,29,33). The summed E-state index contributed by atoms with van der Waals surface area (Å²) >= 11 is 3.50. The molecule has 2 aromatic carbocycles. The Balaban J connectivity index is 1.68. The molecule has 0 bridgehead atoms. The van der Waals surface area contributed by atoms with E-state index in [9.17, 15) is 9.90 Å². The lowest BCUT2D eigenvalue weighted by molar-refractivity contribution is 0.191. The van der Waals surface area contributed by atoms with E-state index < -0.39 is 6.10 Å². The molecule has 0 saturated carbocycles. The Morgan fingerprint density at radius 2 is 2.03 bits per heavy atom. The summed E-state index contributed by atoms with van der Waals surface area (Å²) in [6.07, 6.45) is 0.804. The Bertz CT molecular complexity index is 1420. The smallest absolute Gasteiger partial charge is 0.261 e. The molecular weight excluding hydrogens is 484 g/mol. The van der Waals surface area contributed by atoms with E-state index in [0.29, 0.717) is 22.9 Å². The average Bonchev–Trinajstić information content (AvgIpc) is 3.23. The van der Waals surface area contributed by atoms with E-state index in [1.807, 2.05) is 44.2 Å². The predicted octanol–water partition coefficient (Wildman–Crippen LogP) is 3.78. The molecule has 33 heavy (non-hydrogen) atoms. The monoisotopic (exact) mass is 508 g/mol. The molecular formula is C24H25BrN6O2. The van der Waals surface area contributed by atoms with E-state index in [1.165, 1.54) is 0 Å². The van der Waals surface area contributed by atoms with Crippen LogP contribution in [0.1, 0.15) is 28.4 Å². The van der Waals surface area contributed by atoms with Crippen molar-refractivity contribution < 1.29 is 5.11 Å². The minimum absolute atomic E-state index is 0.221. The number of fused-ring (bicyclic) bond motifs is 1. The Labute approximate surface area is 199 Å². The highest BCUT2D eigenvalue weighted by Gasteiger charge is 2.17. The average molecular weight is 509 g/mol. The second-order valence-electron chi connectivity index (χ2n) is 7.88. The number of anilines is 1. The summed E-state index contributed by atoms with van der Waals surface area (Å²) in [6, 6.07) is 11.3. The minimum Gasteiger partial charge on any atom is -0.387 e. The lowest BCUT2D eigenvalue weighted by Gasteiger charge is -2.15. The van der Waals surface area contributed by atoms with Crippen LogP contribution >= 0.6 is 15.9 Å². The third-order valence-electron chi connectivity index (χ3n) is 5.58. The molecule has 4 rings (SSSR count). The first-order valence-corrected chi connectivity index (χ1v) is 11.2. The fourth-order valence-corrected chi connectivity index (χ4v) is 4.08. The normalized spacial score (nSPS) is 12.8. The van der Waals surface area contributed by atoms with E-state index in [1.54, 1.807) is 19.3 Å². The van der Waals surface area contributed by atoms with Crippen LogP contribution in [-0.2, 0) is 0 Å². The molecule has 1 unspecified atom stereocenters. The van der Waals surface area contributed by atoms with Gasteiger partial charge in [0.25, 0.3) is 5.56 Å². The quantitative estimate of drug-likeness (QED) is 0.199. The highest BCUT2D eigenvalue weighted by atomic mass is 79.9. The highest BCUT2D eigenvalue weighted by molar-refractivity contribution is 9.10. The fourth-order valence-electron chi connectivity index (χ4n) is 3.69. The molecule has 1 atom stereocenters. The third kappa shape index (κ3) is 4.55. The molecule has 0 fully saturated rings. The molecule has 6 N–H and O–H groups in total. The lowest BCUT2D eigenvalue weighted by atomic mass is 10.1. The van der Waals surface area contributed by atoms with E-state index in [4.69, 9.17) is 5.73 Å². The zero-order valence-corrected chi connectivity index (χ0v) is 20.1. The third-order valence-corrected chi connectivity index (χ3v) is 6.43. The van der Waals surface area contributed by atoms with Crippen molar-refractivity contribution in [2.75, 3.05) is 18.9 Å². The molecule has 2 aromatic heterocycles. The number of amidine groups is 1. The molecule has 0 saturated heterocycles. The van der Waals surface area contributed by atoms with Gasteiger partial charge in [0.05, 0.1) is 22.8 Å². The van der Waals surface area contributed by atoms with Crippen LogP contribution < -0.4 is 16.6 Å². The number of hydrogen-bond donors (Lipinski definition) is 5. The van der Waals surface area contributed by atoms with Crippen LogP contribution in [0.2, 0.25) is 0 Å². The molecule has 0 aliphatic rings. The number of imidazole rings is 1. The van der Waals surface area contributed by atoms with Gasteiger partial charge in [-0.25, -0.2) is 4.98 Å². The van der Waals surface area contributed by atoms with E-state index in [0.717, 1.165) is 37.8 Å². The van der Waals surface area contributed by atoms with Crippen LogP contribution in [0, 0.1) is 13.8 Å². The van der Waals surface area contributed by atoms with Gasteiger partial charge in [-0.05, 0) is 54.8 Å². The number of benzene rings is 2. The number of halogens is 1. The van der Waals surface area contributed by atoms with Gasteiger partial charge < -0.3 is 26.1 Å². The highest BCUT2D eigenvalue weighted by Crippen LogP contribution is 2.28. The van der Waals surface area contributed by atoms with Crippen LogP contribution in [0.15, 0.2) is 56.9 Å². The van der Waals surface area contributed by atoms with Crippen molar-refractivity contribution >= 4 is 38.5 Å². The molecule has 9 heteroatoms. The number of aliphatic hydroxyl groups is 1. The van der Waals surface area contributed by atoms with E-state index in [2.05, 4.69) is 41.2 Å². The SMILES string of the molecule is CN=C(N)c1cc(C)c2nc(-c3c(NCC(O)c4ccc(C)c(Br)c4)cc[nH]c3=O)[nH]c2c1. The van der Waals surface area contributed by atoms with Crippen molar-refractivity contribution in [3.05, 3.63) is 79.7 Å². The summed E-state index contributed by atoms with van der Waals surface area (Å²) in [4.78, 5) is 27.4. The number of aryl methyl sites for hydroxylation is 2. The summed E-state index contributed by atoms with van der Waals surface area (Å²) in [5, 5.41) is 13.9. The molecule has 170 valence electrons. The van der Waals surface area contributed by atoms with Gasteiger partial charge in [0.15, 0.2) is 0 Å². The maximum absolute atomic E-state index is 12.8. The number of H-pyrrole nitrogens is 2. The molecule has 0 aliphatic heterocycles. The largest absolute Gasteiger partial charge is 0.387 e. The summed E-state index contributed by atoms with van der Waals surface area (Å²) < 4.78 is 0.932. The molecule has 0 aliphatic carbocycles. The lowest BCUT2D eigenvalue weighted by Crippen LogP contribution is -2.17. The maximum atomic E-state index is 12.8. The van der Waals surface area contributed by atoms with Crippen LogP contribution in [0.25, 0.3) is 22.4 Å². The number of aliphatic imine (C=N–C) groups is 1. The van der Waals surface area contributed by atoms with Crippen molar-refractivity contribution in [1.29, 1.82) is 0 Å². The molecule has 4 aromatic rings. The maximum Gasteiger partial charge on any atom is 0.261 e. The van der Waals surface area contributed by atoms with Crippen molar-refractivity contribution in [3.8, 4) is 11.4 Å². The van der Waals surface area contributed by atoms with Gasteiger partial charge in [-0.15, -0.1) is 0 Å². The number of nitrogens with zero attached hydrogens (tertiary/aromatic N) is 2. The zero-order valence-electron chi connectivity index (χ0n) is 18.5. The summed E-state index contributed by atoms with van der Waals surface area (Å²) in [6.45, 7) is 4.14. The number of aromatic amines is 2. The number of aliphatic hydroxyl groups excluding tert-OH is 1. The Kier molecular flexibility index (Phi) is 6.35. The number of aromatic nitrogens is 3. The topological polar surface area (TPSA) is 132 Å². The number of rotatable bonds is 6. The van der Waals surface area contributed by atoms with Crippen LogP contribution in [0.4, 0.5) is 5.69 Å². The van der Waals surface area contributed by atoms with Gasteiger partial charge in [0.2, 0.25) is 0 Å². The summed E-state index contributed by atoms with van der Waals surface area (Å²) in [7, 11) is 1.64. The van der Waals surface area contributed by atoms with Gasteiger partial charge >= 0.3 is 0 Å². The van der Waals surface area contributed by atoms with Gasteiger partial charge in [-0.3, -0.25) is 9.79 Å². The van der Waals surface area contributed by atoms with E-state index >= 15 is 0 Å². The van der Waals surface area contributed by atoms with Gasteiger partial charge in [0.1, 0.15) is 17.2 Å². The van der Waals surface area contributed by atoms with Crippen molar-refractivity contribution in [3.63, 3.8) is 0 Å². The number of pyridine rings is 1. The summed E-state index contributed by atoms with van der Waals surface area (Å²) in [5.74, 6) is 0.849. The second kappa shape index (κ2) is 9.21. The molecule has 0 radical (unpaired) electrons. The number of nitrogens with one attached hydrogen (secondary N) is 3. The number of nitrogens with two attached hydrogens (primary N) is 1. The second-order valence-corrected chi connectivity index (χ2v) is 8.74. The molecule has 0 amide bonds. The van der Waals surface area contributed by atoms with Gasteiger partial charge in [0, 0.05) is 29.8 Å². The Morgan fingerprint density at radius 3 is 2.76 bits per heavy atom. The van der Waals surface area contributed by atoms with E-state index in [-0.39, 0.29) is 12.1 Å². The van der Waals surface area contributed by atoms with Crippen LogP contribution in [0.3, 0.4) is 0 Å². The first kappa shape index (κ1) is 22.8. The van der Waals surface area contributed by atoms with Crippen molar-refractivity contribution in [1.82, 2.24) is 15.0 Å². The van der Waals surface area contributed by atoms with Crippen molar-refractivity contribution in [2.24, 2.45) is 10.7 Å². The first-order chi connectivity index (χ1) is 15.8. The van der Waals surface area contributed by atoms with Crippen LogP contribution in [-0.4, -0.2) is 39.5 Å². The predicted molar refractivity (Wildman–Crippen MR) is 136 cm³/mol. The van der Waals surface area contributed by atoms with Gasteiger partial charge in [-0.1, -0.05) is 28.1 Å². The van der Waals surface area contributed by atoms with Crippen molar-refractivity contribution in [2.45, 2.75) is 20.0 Å². The summed E-state index contributed by atoms with van der Waals surface area (Å²) in [5.41, 5.74) is 11.7. The molecule has 2 heterocycles. The molecule has 8 nitrogen and oxygen atoms in total. The first-order valence-electron chi connectivity index (χ1n) is 10.4. The zero-order chi connectivity index (χ0) is 23.7.